The van der Waals surface area contributed by atoms with Crippen LogP contribution in [0.5, 0.6) is 0 Å². The van der Waals surface area contributed by atoms with Crippen LogP contribution in [0.4, 0.5) is 0 Å². The maximum Gasteiger partial charge on any atom is 0.244 e. The number of benzene rings is 1. The lowest BCUT2D eigenvalue weighted by Crippen LogP contribution is -2.22. The molecule has 0 spiro atoms. The molecule has 16 heavy (non-hydrogen) atoms. The highest BCUT2D eigenvalue weighted by Gasteiger charge is 2.20. The molecule has 0 saturated heterocycles. The Bertz CT molecular complexity index is 472. The van der Waals surface area contributed by atoms with Crippen LogP contribution in [0.15, 0.2) is 23.1 Å². The van der Waals surface area contributed by atoms with Gasteiger partial charge in [0.2, 0.25) is 10.0 Å². The summed E-state index contributed by atoms with van der Waals surface area (Å²) in [7, 11) is 1.29. The van der Waals surface area contributed by atoms with Gasteiger partial charge in [0.25, 0.3) is 0 Å². The van der Waals surface area contributed by atoms with E-state index in [1.807, 2.05) is 0 Å². The van der Waals surface area contributed by atoms with E-state index in [0.717, 1.165) is 9.87 Å². The van der Waals surface area contributed by atoms with Gasteiger partial charge in [-0.15, -0.1) is 0 Å². The summed E-state index contributed by atoms with van der Waals surface area (Å²) >= 11 is 5.90. The number of sulfonamides is 1. The molecule has 0 bridgehead atoms. The van der Waals surface area contributed by atoms with Gasteiger partial charge in [0.15, 0.2) is 0 Å². The number of nitrogens with one attached hydrogen (secondary N) is 1. The predicted octanol–water partition coefficient (Wildman–Crippen LogP) is 1.31. The van der Waals surface area contributed by atoms with Crippen LogP contribution >= 0.6 is 11.6 Å². The van der Waals surface area contributed by atoms with E-state index in [0.29, 0.717) is 6.54 Å². The molecule has 1 N–H and O–H groups in total. The maximum absolute atomic E-state index is 11.9. The van der Waals surface area contributed by atoms with Crippen LogP contribution in [0.3, 0.4) is 0 Å². The minimum absolute atomic E-state index is 0.145. The van der Waals surface area contributed by atoms with E-state index in [4.69, 9.17) is 11.6 Å². The minimum atomic E-state index is -3.47. The van der Waals surface area contributed by atoms with E-state index in [1.165, 1.54) is 14.1 Å². The third-order valence-corrected chi connectivity index (χ3v) is 4.43. The molecule has 0 radical (unpaired) electrons. The van der Waals surface area contributed by atoms with Gasteiger partial charge in [0.1, 0.15) is 4.90 Å². The molecule has 0 atom stereocenters. The molecular formula is C10H15ClN2O2S. The highest BCUT2D eigenvalue weighted by atomic mass is 35.5. The van der Waals surface area contributed by atoms with Crippen molar-refractivity contribution in [2.24, 2.45) is 0 Å². The normalized spacial score (nSPS) is 12.1. The van der Waals surface area contributed by atoms with Gasteiger partial charge in [-0.3, -0.25) is 0 Å². The molecule has 0 fully saturated rings. The molecule has 1 aromatic rings. The van der Waals surface area contributed by atoms with Crippen LogP contribution in [0.2, 0.25) is 5.02 Å². The predicted molar refractivity (Wildman–Crippen MR) is 65.1 cm³/mol. The van der Waals surface area contributed by atoms with Crippen molar-refractivity contribution in [3.8, 4) is 0 Å². The van der Waals surface area contributed by atoms with Gasteiger partial charge in [0, 0.05) is 20.6 Å². The van der Waals surface area contributed by atoms with E-state index in [-0.39, 0.29) is 9.92 Å². The molecule has 0 aromatic heterocycles. The molecule has 0 aliphatic carbocycles. The van der Waals surface area contributed by atoms with Gasteiger partial charge >= 0.3 is 0 Å². The van der Waals surface area contributed by atoms with Crippen LogP contribution < -0.4 is 5.32 Å². The first-order valence-corrected chi connectivity index (χ1v) is 6.57. The van der Waals surface area contributed by atoms with Gasteiger partial charge in [0.05, 0.1) is 5.02 Å². The average Bonchev–Trinajstić information content (AvgIpc) is 2.20. The molecule has 0 unspecified atom stereocenters. The Morgan fingerprint density at radius 2 is 2.00 bits per heavy atom. The third-order valence-electron chi connectivity index (χ3n) is 2.14. The van der Waals surface area contributed by atoms with Gasteiger partial charge in [-0.25, -0.2) is 12.7 Å². The Hall–Kier alpha value is -0.620. The second-order valence-corrected chi connectivity index (χ2v) is 6.11. The largest absolute Gasteiger partial charge is 0.316 e. The molecule has 90 valence electrons. The second kappa shape index (κ2) is 5.14. The maximum atomic E-state index is 11.9. The summed E-state index contributed by atoms with van der Waals surface area (Å²) < 4.78 is 25.0. The molecule has 0 aliphatic rings. The van der Waals surface area contributed by atoms with Crippen LogP contribution in [0.1, 0.15) is 5.56 Å². The molecule has 1 aromatic carbocycles. The number of hydrogen-bond donors (Lipinski definition) is 1. The number of rotatable bonds is 4. The van der Waals surface area contributed by atoms with Crippen LogP contribution in [-0.2, 0) is 16.6 Å². The van der Waals surface area contributed by atoms with Crippen molar-refractivity contribution in [1.82, 2.24) is 9.62 Å². The fraction of sp³-hybridized carbons (Fsp3) is 0.400. The summed E-state index contributed by atoms with van der Waals surface area (Å²) in [6.07, 6.45) is 0. The second-order valence-electron chi connectivity index (χ2n) is 3.58. The van der Waals surface area contributed by atoms with E-state index in [2.05, 4.69) is 5.32 Å². The van der Waals surface area contributed by atoms with Crippen molar-refractivity contribution in [3.05, 3.63) is 28.8 Å². The molecular weight excluding hydrogens is 248 g/mol. The Balaban J connectivity index is 3.27. The molecule has 4 nitrogen and oxygen atoms in total. The third kappa shape index (κ3) is 2.74. The number of hydrogen-bond acceptors (Lipinski definition) is 3. The summed E-state index contributed by atoms with van der Waals surface area (Å²) in [6, 6.07) is 4.99. The van der Waals surface area contributed by atoms with Crippen LogP contribution in [0, 0.1) is 0 Å². The summed E-state index contributed by atoms with van der Waals surface area (Å²) in [5, 5.41) is 3.20. The van der Waals surface area contributed by atoms with Gasteiger partial charge < -0.3 is 5.32 Å². The average molecular weight is 263 g/mol. The zero-order valence-corrected chi connectivity index (χ0v) is 11.1. The molecule has 0 aliphatic heterocycles. The van der Waals surface area contributed by atoms with Gasteiger partial charge in [-0.05, 0) is 24.7 Å². The first-order valence-electron chi connectivity index (χ1n) is 4.75. The van der Waals surface area contributed by atoms with E-state index < -0.39 is 10.0 Å². The van der Waals surface area contributed by atoms with Crippen molar-refractivity contribution in [2.75, 3.05) is 21.1 Å². The fourth-order valence-corrected chi connectivity index (χ4v) is 2.67. The standard InChI is InChI=1S/C10H15ClN2O2S/c1-12-7-8-4-5-9(11)10(6-8)16(14,15)13(2)3/h4-6,12H,7H2,1-3H3. The Morgan fingerprint density at radius 1 is 1.38 bits per heavy atom. The summed E-state index contributed by atoms with van der Waals surface area (Å²) in [4.78, 5) is 0.145. The molecule has 1 rings (SSSR count). The minimum Gasteiger partial charge on any atom is -0.316 e. The highest BCUT2D eigenvalue weighted by Crippen LogP contribution is 2.24. The zero-order chi connectivity index (χ0) is 12.3. The SMILES string of the molecule is CNCc1ccc(Cl)c(S(=O)(=O)N(C)C)c1. The molecule has 0 heterocycles. The Labute approximate surface area is 101 Å². The zero-order valence-electron chi connectivity index (χ0n) is 9.49. The number of halogens is 1. The smallest absolute Gasteiger partial charge is 0.244 e. The van der Waals surface area contributed by atoms with E-state index in [9.17, 15) is 8.42 Å². The Morgan fingerprint density at radius 3 is 2.50 bits per heavy atom. The highest BCUT2D eigenvalue weighted by molar-refractivity contribution is 7.89. The summed E-state index contributed by atoms with van der Waals surface area (Å²) in [5.41, 5.74) is 0.882. The van der Waals surface area contributed by atoms with Crippen molar-refractivity contribution in [2.45, 2.75) is 11.4 Å². The lowest BCUT2D eigenvalue weighted by atomic mass is 10.2. The van der Waals surface area contributed by atoms with Crippen molar-refractivity contribution >= 4 is 21.6 Å². The van der Waals surface area contributed by atoms with Crippen LogP contribution in [0.25, 0.3) is 0 Å². The molecule has 0 saturated carbocycles. The lowest BCUT2D eigenvalue weighted by molar-refractivity contribution is 0.520. The molecule has 6 heteroatoms. The van der Waals surface area contributed by atoms with Crippen LogP contribution in [-0.4, -0.2) is 33.9 Å². The monoisotopic (exact) mass is 262 g/mol. The quantitative estimate of drug-likeness (QED) is 0.890. The first-order chi connectivity index (χ1) is 7.39. The summed E-state index contributed by atoms with van der Waals surface area (Å²) in [5.74, 6) is 0. The van der Waals surface area contributed by atoms with Crippen molar-refractivity contribution in [1.29, 1.82) is 0 Å². The first kappa shape index (κ1) is 13.4. The fourth-order valence-electron chi connectivity index (χ4n) is 1.26. The lowest BCUT2D eigenvalue weighted by Gasteiger charge is -2.13. The Kier molecular flexibility index (Phi) is 4.32. The molecule has 0 amide bonds. The summed E-state index contributed by atoms with van der Waals surface area (Å²) in [6.45, 7) is 0.604. The number of nitrogens with zero attached hydrogens (tertiary/aromatic N) is 1. The van der Waals surface area contributed by atoms with E-state index >= 15 is 0 Å². The topological polar surface area (TPSA) is 49.4 Å². The van der Waals surface area contributed by atoms with E-state index in [1.54, 1.807) is 25.2 Å². The van der Waals surface area contributed by atoms with Gasteiger partial charge in [-0.2, -0.15) is 0 Å². The van der Waals surface area contributed by atoms with Crippen molar-refractivity contribution in [3.63, 3.8) is 0 Å². The van der Waals surface area contributed by atoms with Crippen molar-refractivity contribution < 1.29 is 8.42 Å². The van der Waals surface area contributed by atoms with Gasteiger partial charge in [-0.1, -0.05) is 17.7 Å².